The molecule has 0 radical (unpaired) electrons. The minimum atomic E-state index is 0.288. The summed E-state index contributed by atoms with van der Waals surface area (Å²) in [4.78, 5) is 0. The van der Waals surface area contributed by atoms with Crippen molar-refractivity contribution < 1.29 is 4.74 Å². The summed E-state index contributed by atoms with van der Waals surface area (Å²) >= 11 is 0. The van der Waals surface area contributed by atoms with Crippen LogP contribution in [0.5, 0.6) is 0 Å². The fourth-order valence-corrected chi connectivity index (χ4v) is 0.979. The molecule has 50 valence electrons. The van der Waals surface area contributed by atoms with Crippen LogP contribution in [0, 0.1) is 0 Å². The summed E-state index contributed by atoms with van der Waals surface area (Å²) < 4.78 is 5.27. The van der Waals surface area contributed by atoms with Crippen LogP contribution >= 0.6 is 0 Å². The van der Waals surface area contributed by atoms with E-state index in [-0.39, 0.29) is 5.34 Å². The second-order valence-electron chi connectivity index (χ2n) is 3.17. The van der Waals surface area contributed by atoms with E-state index in [0.717, 1.165) is 26.2 Å². The van der Waals surface area contributed by atoms with E-state index >= 15 is 0 Å². The molecule has 1 aliphatic heterocycles. The smallest absolute Gasteiger partial charge is 0.116 e. The van der Waals surface area contributed by atoms with Crippen LogP contribution in [-0.4, -0.2) is 40.8 Å². The molecule has 0 bridgehead atoms. The van der Waals surface area contributed by atoms with Gasteiger partial charge in [-0.05, 0) is 11.8 Å². The summed E-state index contributed by atoms with van der Waals surface area (Å²) in [6, 6.07) is 0. The first-order valence-electron chi connectivity index (χ1n) is 3.53. The van der Waals surface area contributed by atoms with Crippen LogP contribution in [0.4, 0.5) is 0 Å². The van der Waals surface area contributed by atoms with Crippen molar-refractivity contribution in [3.05, 3.63) is 0 Å². The van der Waals surface area contributed by atoms with Crippen molar-refractivity contribution in [1.29, 1.82) is 0 Å². The summed E-state index contributed by atoms with van der Waals surface area (Å²) in [5, 5.41) is 3.68. The van der Waals surface area contributed by atoms with Gasteiger partial charge in [-0.3, -0.25) is 0 Å². The average Bonchev–Trinajstić information content (AvgIpc) is 1.92. The molecule has 0 unspecified atom stereocenters. The van der Waals surface area contributed by atoms with Crippen molar-refractivity contribution in [3.8, 4) is 0 Å². The molecule has 1 saturated heterocycles. The van der Waals surface area contributed by atoms with Crippen molar-refractivity contribution >= 4 is 15.7 Å². The van der Waals surface area contributed by atoms with E-state index in [0.29, 0.717) is 0 Å². The standard InChI is InChI=1S/C5H13B2NO/c6-5(7)1-3-9-4-2-8-5/h8H,1-4,6-7H2. The highest BCUT2D eigenvalue weighted by Gasteiger charge is 2.18. The normalized spacial score (nSPS) is 27.1. The van der Waals surface area contributed by atoms with Crippen molar-refractivity contribution in [2.45, 2.75) is 11.8 Å². The van der Waals surface area contributed by atoms with Gasteiger partial charge in [0, 0.05) is 13.2 Å². The van der Waals surface area contributed by atoms with Crippen LogP contribution in [0.1, 0.15) is 6.42 Å². The van der Waals surface area contributed by atoms with Gasteiger partial charge in [-0.15, -0.1) is 0 Å². The van der Waals surface area contributed by atoms with Gasteiger partial charge in [0.05, 0.1) is 6.61 Å². The van der Waals surface area contributed by atoms with E-state index in [1.165, 1.54) is 0 Å². The Morgan fingerprint density at radius 1 is 1.33 bits per heavy atom. The highest BCUT2D eigenvalue weighted by molar-refractivity contribution is 6.39. The molecule has 1 fully saturated rings. The molecular formula is C5H13B2NO. The van der Waals surface area contributed by atoms with E-state index in [1.807, 2.05) is 0 Å². The molecular weight excluding hydrogens is 112 g/mol. The second kappa shape index (κ2) is 2.76. The Labute approximate surface area is 58.2 Å². The van der Waals surface area contributed by atoms with E-state index < -0.39 is 0 Å². The number of nitrogens with one attached hydrogen (secondary N) is 1. The van der Waals surface area contributed by atoms with Gasteiger partial charge >= 0.3 is 0 Å². The molecule has 1 aliphatic rings. The topological polar surface area (TPSA) is 21.3 Å². The largest absolute Gasteiger partial charge is 0.380 e. The minimum absolute atomic E-state index is 0.288. The Balaban J connectivity index is 2.36. The molecule has 0 aromatic carbocycles. The van der Waals surface area contributed by atoms with Crippen LogP contribution in [0.25, 0.3) is 0 Å². The Hall–Kier alpha value is 0.0499. The fraction of sp³-hybridized carbons (Fsp3) is 1.00. The molecule has 0 spiro atoms. The van der Waals surface area contributed by atoms with Crippen LogP contribution in [-0.2, 0) is 4.74 Å². The molecule has 0 aromatic heterocycles. The van der Waals surface area contributed by atoms with Gasteiger partial charge in [-0.2, -0.15) is 0 Å². The molecule has 9 heavy (non-hydrogen) atoms. The number of ether oxygens (including phenoxy) is 1. The van der Waals surface area contributed by atoms with Crippen LogP contribution in [0.2, 0.25) is 0 Å². The van der Waals surface area contributed by atoms with Gasteiger partial charge in [0.25, 0.3) is 0 Å². The summed E-state index contributed by atoms with van der Waals surface area (Å²) in [7, 11) is 4.42. The molecule has 0 atom stereocenters. The summed E-state index contributed by atoms with van der Waals surface area (Å²) in [6.07, 6.45) is 1.12. The molecule has 1 rings (SSSR count). The molecule has 1 N–H and O–H groups in total. The third-order valence-electron chi connectivity index (χ3n) is 1.72. The Bertz CT molecular complexity index is 87.0. The molecule has 0 aliphatic carbocycles. The Morgan fingerprint density at radius 2 is 2.11 bits per heavy atom. The van der Waals surface area contributed by atoms with Crippen molar-refractivity contribution in [3.63, 3.8) is 0 Å². The predicted molar refractivity (Wildman–Crippen MR) is 43.3 cm³/mol. The third-order valence-corrected chi connectivity index (χ3v) is 1.72. The Kier molecular flexibility index (Phi) is 2.19. The molecule has 2 nitrogen and oxygen atoms in total. The molecule has 4 heteroatoms. The average molecular weight is 125 g/mol. The van der Waals surface area contributed by atoms with Crippen LogP contribution < -0.4 is 5.32 Å². The summed E-state index contributed by atoms with van der Waals surface area (Å²) in [5.74, 6) is 0. The van der Waals surface area contributed by atoms with E-state index in [4.69, 9.17) is 4.74 Å². The van der Waals surface area contributed by atoms with E-state index in [1.54, 1.807) is 0 Å². The first-order valence-corrected chi connectivity index (χ1v) is 3.53. The van der Waals surface area contributed by atoms with Crippen molar-refractivity contribution in [1.82, 2.24) is 5.32 Å². The van der Waals surface area contributed by atoms with Gasteiger partial charge in [0.2, 0.25) is 0 Å². The van der Waals surface area contributed by atoms with Crippen LogP contribution in [0.3, 0.4) is 0 Å². The molecule has 0 amide bonds. The number of hydrogen-bond acceptors (Lipinski definition) is 2. The zero-order valence-electron chi connectivity index (χ0n) is 6.24. The first-order chi connectivity index (χ1) is 4.21. The highest BCUT2D eigenvalue weighted by Crippen LogP contribution is 2.02. The minimum Gasteiger partial charge on any atom is -0.380 e. The van der Waals surface area contributed by atoms with Gasteiger partial charge < -0.3 is 10.1 Å². The fourth-order valence-electron chi connectivity index (χ4n) is 0.979. The van der Waals surface area contributed by atoms with Gasteiger partial charge in [-0.1, -0.05) is 0 Å². The maximum Gasteiger partial charge on any atom is 0.116 e. The van der Waals surface area contributed by atoms with Crippen molar-refractivity contribution in [2.75, 3.05) is 19.8 Å². The van der Waals surface area contributed by atoms with Crippen molar-refractivity contribution in [2.24, 2.45) is 0 Å². The zero-order valence-corrected chi connectivity index (χ0v) is 6.24. The molecule has 0 saturated carbocycles. The Morgan fingerprint density at radius 3 is 2.89 bits per heavy atom. The monoisotopic (exact) mass is 125 g/mol. The maximum absolute atomic E-state index is 5.27. The lowest BCUT2D eigenvalue weighted by atomic mass is 9.60. The SMILES string of the molecule is BC1(B)CCOCCN1. The van der Waals surface area contributed by atoms with Gasteiger partial charge in [0.1, 0.15) is 15.7 Å². The summed E-state index contributed by atoms with van der Waals surface area (Å²) in [5.41, 5.74) is 0. The molecule has 0 aromatic rings. The lowest BCUT2D eigenvalue weighted by Crippen LogP contribution is -2.46. The third kappa shape index (κ3) is 2.41. The lowest BCUT2D eigenvalue weighted by Gasteiger charge is -2.22. The maximum atomic E-state index is 5.27. The van der Waals surface area contributed by atoms with Gasteiger partial charge in [-0.25, -0.2) is 0 Å². The molecule has 1 heterocycles. The van der Waals surface area contributed by atoms with Gasteiger partial charge in [0.15, 0.2) is 0 Å². The highest BCUT2D eigenvalue weighted by atomic mass is 16.5. The summed E-state index contributed by atoms with van der Waals surface area (Å²) in [6.45, 7) is 2.76. The zero-order chi connectivity index (χ0) is 6.74. The lowest BCUT2D eigenvalue weighted by molar-refractivity contribution is 0.150. The predicted octanol–water partition coefficient (Wildman–Crippen LogP) is -2.08. The number of hydrogen-bond donors (Lipinski definition) is 1. The van der Waals surface area contributed by atoms with Crippen LogP contribution in [0.15, 0.2) is 0 Å². The number of rotatable bonds is 0. The first kappa shape index (κ1) is 7.16. The van der Waals surface area contributed by atoms with E-state index in [2.05, 4.69) is 21.0 Å². The van der Waals surface area contributed by atoms with E-state index in [9.17, 15) is 0 Å². The second-order valence-corrected chi connectivity index (χ2v) is 3.17. The quantitative estimate of drug-likeness (QED) is 0.375.